The molecule has 1 aromatic carbocycles. The molecule has 3 heteroatoms. The van der Waals surface area contributed by atoms with Crippen molar-refractivity contribution in [2.45, 2.75) is 33.6 Å². The van der Waals surface area contributed by atoms with Crippen molar-refractivity contribution in [2.75, 3.05) is 11.9 Å². The SMILES string of the molecule is CCCNc1cc(CC)nc2c(Br)c(C)ccc12. The lowest BCUT2D eigenvalue weighted by atomic mass is 10.1. The highest BCUT2D eigenvalue weighted by molar-refractivity contribution is 9.10. The van der Waals surface area contributed by atoms with E-state index in [9.17, 15) is 0 Å². The maximum Gasteiger partial charge on any atom is 0.0870 e. The van der Waals surface area contributed by atoms with Gasteiger partial charge in [-0.15, -0.1) is 0 Å². The number of hydrogen-bond acceptors (Lipinski definition) is 2. The summed E-state index contributed by atoms with van der Waals surface area (Å²) >= 11 is 3.66. The molecule has 0 radical (unpaired) electrons. The average Bonchev–Trinajstić information content (AvgIpc) is 2.40. The molecule has 1 heterocycles. The Balaban J connectivity index is 2.64. The number of nitrogens with zero attached hydrogens (tertiary/aromatic N) is 1. The number of halogens is 1. The van der Waals surface area contributed by atoms with Gasteiger partial charge in [-0.1, -0.05) is 26.0 Å². The zero-order chi connectivity index (χ0) is 13.1. The van der Waals surface area contributed by atoms with Crippen molar-refractivity contribution in [3.8, 4) is 0 Å². The maximum atomic E-state index is 4.74. The number of anilines is 1. The Bertz CT molecular complexity index is 564. The minimum atomic E-state index is 0.955. The lowest BCUT2D eigenvalue weighted by molar-refractivity contribution is 0.977. The number of hydrogen-bond donors (Lipinski definition) is 1. The van der Waals surface area contributed by atoms with Crippen LogP contribution in [0.25, 0.3) is 10.9 Å². The zero-order valence-corrected chi connectivity index (χ0v) is 12.8. The number of fused-ring (bicyclic) bond motifs is 1. The van der Waals surface area contributed by atoms with Crippen LogP contribution in [0.5, 0.6) is 0 Å². The molecule has 1 aromatic heterocycles. The Hall–Kier alpha value is -1.09. The Morgan fingerprint density at radius 3 is 2.72 bits per heavy atom. The standard InChI is InChI=1S/C15H19BrN2/c1-4-8-17-13-9-11(5-2)18-15-12(13)7-6-10(3)14(15)16/h6-7,9H,4-5,8H2,1-3H3,(H,17,18). The molecule has 0 fully saturated rings. The summed E-state index contributed by atoms with van der Waals surface area (Å²) in [5.41, 5.74) is 4.62. The van der Waals surface area contributed by atoms with Gasteiger partial charge in [0, 0.05) is 27.8 Å². The lowest BCUT2D eigenvalue weighted by Gasteiger charge is -2.12. The second kappa shape index (κ2) is 5.70. The summed E-state index contributed by atoms with van der Waals surface area (Å²) in [5, 5.41) is 4.69. The fourth-order valence-corrected chi connectivity index (χ4v) is 2.43. The average molecular weight is 307 g/mol. The van der Waals surface area contributed by atoms with Crippen molar-refractivity contribution >= 4 is 32.5 Å². The van der Waals surface area contributed by atoms with Crippen LogP contribution in [0.2, 0.25) is 0 Å². The molecule has 0 amide bonds. The van der Waals surface area contributed by atoms with E-state index in [4.69, 9.17) is 4.98 Å². The van der Waals surface area contributed by atoms with Gasteiger partial charge in [-0.2, -0.15) is 0 Å². The molecule has 0 atom stereocenters. The van der Waals surface area contributed by atoms with E-state index in [0.29, 0.717) is 0 Å². The summed E-state index contributed by atoms with van der Waals surface area (Å²) in [6, 6.07) is 6.45. The quantitative estimate of drug-likeness (QED) is 0.886. The van der Waals surface area contributed by atoms with Crippen molar-refractivity contribution < 1.29 is 0 Å². The van der Waals surface area contributed by atoms with Gasteiger partial charge in [-0.25, -0.2) is 0 Å². The first kappa shape index (κ1) is 13.3. The Kier molecular flexibility index (Phi) is 4.23. The second-order valence-corrected chi connectivity index (χ2v) is 5.33. The van der Waals surface area contributed by atoms with Gasteiger partial charge in [-0.3, -0.25) is 4.98 Å². The summed E-state index contributed by atoms with van der Waals surface area (Å²) in [6.45, 7) is 7.41. The first-order chi connectivity index (χ1) is 8.67. The van der Waals surface area contributed by atoms with E-state index >= 15 is 0 Å². The van der Waals surface area contributed by atoms with E-state index in [-0.39, 0.29) is 0 Å². The van der Waals surface area contributed by atoms with Gasteiger partial charge in [0.2, 0.25) is 0 Å². The van der Waals surface area contributed by atoms with Crippen LogP contribution < -0.4 is 5.32 Å². The molecule has 0 bridgehead atoms. The molecule has 2 nitrogen and oxygen atoms in total. The molecule has 0 aliphatic rings. The molecule has 0 spiro atoms. The topological polar surface area (TPSA) is 24.9 Å². The number of rotatable bonds is 4. The van der Waals surface area contributed by atoms with E-state index in [2.05, 4.69) is 60.2 Å². The monoisotopic (exact) mass is 306 g/mol. The highest BCUT2D eigenvalue weighted by Gasteiger charge is 2.09. The van der Waals surface area contributed by atoms with E-state index in [1.165, 1.54) is 16.6 Å². The molecule has 0 aliphatic heterocycles. The highest BCUT2D eigenvalue weighted by atomic mass is 79.9. The van der Waals surface area contributed by atoms with E-state index in [1.54, 1.807) is 0 Å². The molecule has 2 rings (SSSR count). The van der Waals surface area contributed by atoms with Crippen LogP contribution in [-0.4, -0.2) is 11.5 Å². The molecule has 0 saturated carbocycles. The number of benzene rings is 1. The van der Waals surface area contributed by atoms with Crippen molar-refractivity contribution in [3.05, 3.63) is 33.9 Å². The number of aryl methyl sites for hydroxylation is 2. The van der Waals surface area contributed by atoms with Gasteiger partial charge in [0.25, 0.3) is 0 Å². The molecule has 18 heavy (non-hydrogen) atoms. The van der Waals surface area contributed by atoms with Crippen molar-refractivity contribution in [2.24, 2.45) is 0 Å². The first-order valence-corrected chi connectivity index (χ1v) is 7.29. The van der Waals surface area contributed by atoms with E-state index in [0.717, 1.165) is 35.1 Å². The maximum absolute atomic E-state index is 4.74. The fourth-order valence-electron chi connectivity index (χ4n) is 2.00. The molecular weight excluding hydrogens is 288 g/mol. The predicted octanol–water partition coefficient (Wildman–Crippen LogP) is 4.69. The summed E-state index contributed by atoms with van der Waals surface area (Å²) in [4.78, 5) is 4.74. The minimum Gasteiger partial charge on any atom is -0.384 e. The third kappa shape index (κ3) is 2.51. The lowest BCUT2D eigenvalue weighted by Crippen LogP contribution is -2.03. The van der Waals surface area contributed by atoms with Crippen molar-refractivity contribution in [1.29, 1.82) is 0 Å². The van der Waals surface area contributed by atoms with Crippen LogP contribution in [0.15, 0.2) is 22.7 Å². The number of aromatic nitrogens is 1. The molecule has 2 aromatic rings. The Morgan fingerprint density at radius 1 is 1.28 bits per heavy atom. The summed E-state index contributed by atoms with van der Waals surface area (Å²) in [7, 11) is 0. The normalized spacial score (nSPS) is 10.9. The fraction of sp³-hybridized carbons (Fsp3) is 0.400. The van der Waals surface area contributed by atoms with Gasteiger partial charge < -0.3 is 5.32 Å². The summed E-state index contributed by atoms with van der Waals surface area (Å²) in [6.07, 6.45) is 2.08. The minimum absolute atomic E-state index is 0.955. The Morgan fingerprint density at radius 2 is 2.06 bits per heavy atom. The summed E-state index contributed by atoms with van der Waals surface area (Å²) < 4.78 is 1.11. The molecular formula is C15H19BrN2. The second-order valence-electron chi connectivity index (χ2n) is 4.53. The Labute approximate surface area is 117 Å². The van der Waals surface area contributed by atoms with Crippen molar-refractivity contribution in [3.63, 3.8) is 0 Å². The van der Waals surface area contributed by atoms with Crippen LogP contribution in [0, 0.1) is 6.92 Å². The zero-order valence-electron chi connectivity index (χ0n) is 11.2. The summed E-state index contributed by atoms with van der Waals surface area (Å²) in [5.74, 6) is 0. The van der Waals surface area contributed by atoms with Gasteiger partial charge >= 0.3 is 0 Å². The van der Waals surface area contributed by atoms with Gasteiger partial charge in [0.1, 0.15) is 0 Å². The van der Waals surface area contributed by atoms with Crippen LogP contribution in [0.1, 0.15) is 31.5 Å². The molecule has 96 valence electrons. The van der Waals surface area contributed by atoms with Gasteiger partial charge in [0.05, 0.1) is 5.52 Å². The van der Waals surface area contributed by atoms with Crippen LogP contribution in [-0.2, 0) is 6.42 Å². The van der Waals surface area contributed by atoms with Crippen molar-refractivity contribution in [1.82, 2.24) is 4.98 Å². The molecule has 1 N–H and O–H groups in total. The molecule has 0 unspecified atom stereocenters. The number of nitrogens with one attached hydrogen (secondary N) is 1. The van der Waals surface area contributed by atoms with E-state index < -0.39 is 0 Å². The van der Waals surface area contributed by atoms with Gasteiger partial charge in [0.15, 0.2) is 0 Å². The number of pyridine rings is 1. The predicted molar refractivity (Wildman–Crippen MR) is 82.3 cm³/mol. The van der Waals surface area contributed by atoms with Crippen LogP contribution in [0.3, 0.4) is 0 Å². The first-order valence-electron chi connectivity index (χ1n) is 6.50. The molecule has 0 saturated heterocycles. The van der Waals surface area contributed by atoms with Gasteiger partial charge in [-0.05, 0) is 47.3 Å². The smallest absolute Gasteiger partial charge is 0.0870 e. The third-order valence-electron chi connectivity index (χ3n) is 3.09. The third-order valence-corrected chi connectivity index (χ3v) is 4.09. The van der Waals surface area contributed by atoms with E-state index in [1.807, 2.05) is 0 Å². The largest absolute Gasteiger partial charge is 0.384 e. The van der Waals surface area contributed by atoms with Crippen LogP contribution >= 0.6 is 15.9 Å². The highest BCUT2D eigenvalue weighted by Crippen LogP contribution is 2.31. The van der Waals surface area contributed by atoms with Crippen LogP contribution in [0.4, 0.5) is 5.69 Å². The molecule has 0 aliphatic carbocycles.